The number of fused-ring (bicyclic) bond motifs is 2. The second kappa shape index (κ2) is 7.79. The molecule has 0 unspecified atom stereocenters. The van der Waals surface area contributed by atoms with Crippen molar-refractivity contribution in [1.82, 2.24) is 4.98 Å². The first-order valence-corrected chi connectivity index (χ1v) is 11.8. The highest BCUT2D eigenvalue weighted by Crippen LogP contribution is 2.39. The lowest BCUT2D eigenvalue weighted by atomic mass is 9.87. The molecule has 1 aliphatic rings. The average Bonchev–Trinajstić information content (AvgIpc) is 2.89. The predicted molar refractivity (Wildman–Crippen MR) is 126 cm³/mol. The molecule has 2 heterocycles. The summed E-state index contributed by atoms with van der Waals surface area (Å²) in [4.78, 5) is 3.84. The Morgan fingerprint density at radius 3 is 2.27 bits per heavy atom. The smallest absolute Gasteiger partial charge is 0.338 e. The summed E-state index contributed by atoms with van der Waals surface area (Å²) in [6.45, 7) is 5.95. The molecule has 0 fully saturated rings. The zero-order chi connectivity index (χ0) is 24.2. The average molecular weight is 473 g/mol. The minimum absolute atomic E-state index is 0.0179. The zero-order valence-corrected chi connectivity index (χ0v) is 19.5. The number of anilines is 3. The van der Waals surface area contributed by atoms with Crippen LogP contribution in [0.4, 0.5) is 30.4 Å². The van der Waals surface area contributed by atoms with Gasteiger partial charge in [0.2, 0.25) is 0 Å². The molecule has 4 rings (SSSR count). The first kappa shape index (κ1) is 23.2. The normalized spacial score (nSPS) is 14.2. The van der Waals surface area contributed by atoms with E-state index in [0.29, 0.717) is 16.9 Å². The van der Waals surface area contributed by atoms with Crippen molar-refractivity contribution in [1.29, 1.82) is 0 Å². The summed E-state index contributed by atoms with van der Waals surface area (Å²) >= 11 is 0. The van der Waals surface area contributed by atoms with Crippen LogP contribution in [-0.2, 0) is 28.2 Å². The topological polar surface area (TPSA) is 62.3 Å². The van der Waals surface area contributed by atoms with E-state index in [9.17, 15) is 21.6 Å². The molecule has 0 amide bonds. The van der Waals surface area contributed by atoms with Crippen LogP contribution in [0.25, 0.3) is 0 Å². The van der Waals surface area contributed by atoms with Crippen LogP contribution in [0, 0.1) is 0 Å². The van der Waals surface area contributed by atoms with Gasteiger partial charge in [0.25, 0.3) is 10.0 Å². The fourth-order valence-corrected chi connectivity index (χ4v) is 5.12. The van der Waals surface area contributed by atoms with Crippen molar-refractivity contribution >= 4 is 40.5 Å². The Balaban J connectivity index is 1.85. The number of nitrogens with one attached hydrogen (secondary N) is 1. The van der Waals surface area contributed by atoms with Crippen LogP contribution in [0.3, 0.4) is 0 Å². The van der Waals surface area contributed by atoms with E-state index in [4.69, 9.17) is 0 Å². The number of halogens is 3. The van der Waals surface area contributed by atoms with E-state index in [0.717, 1.165) is 17.1 Å². The first-order valence-electron chi connectivity index (χ1n) is 10.3. The lowest BCUT2D eigenvalue weighted by molar-refractivity contribution is -0.141. The van der Waals surface area contributed by atoms with Gasteiger partial charge in [-0.1, -0.05) is 50.5 Å². The van der Waals surface area contributed by atoms with Crippen LogP contribution in [0.2, 0.25) is 0 Å². The van der Waals surface area contributed by atoms with Crippen molar-refractivity contribution in [3.63, 3.8) is 0 Å². The number of hydrogen-bond donors (Lipinski definition) is 1. The molecule has 1 aliphatic heterocycles. The Labute approximate surface area is 192 Å². The molecule has 0 saturated carbocycles. The highest BCUT2D eigenvalue weighted by atomic mass is 32.2. The molecule has 10 heteroatoms. The van der Waals surface area contributed by atoms with Gasteiger partial charge < -0.3 is 5.32 Å². The molecule has 0 radical (unpaired) electrons. The maximum atomic E-state index is 13.7. The molecule has 33 heavy (non-hydrogen) atoms. The number of benzene rings is 2. The van der Waals surface area contributed by atoms with Crippen molar-refractivity contribution < 1.29 is 21.6 Å². The SMILES string of the molecule is Bc1ccc2c(c1)N(S(=O)(=O)c1ccc(C(C)(C)C)cc1)Cc1ccc(C(F)(F)F)nc1N2. The summed E-state index contributed by atoms with van der Waals surface area (Å²) < 4.78 is 68.3. The lowest BCUT2D eigenvalue weighted by Crippen LogP contribution is -2.31. The quantitative estimate of drug-likeness (QED) is 0.570. The maximum Gasteiger partial charge on any atom is 0.433 e. The number of pyridine rings is 1. The highest BCUT2D eigenvalue weighted by Gasteiger charge is 2.35. The van der Waals surface area contributed by atoms with Gasteiger partial charge in [0.05, 0.1) is 22.8 Å². The van der Waals surface area contributed by atoms with Gasteiger partial charge in [0.15, 0.2) is 0 Å². The Morgan fingerprint density at radius 1 is 1.00 bits per heavy atom. The van der Waals surface area contributed by atoms with Crippen LogP contribution >= 0.6 is 0 Å². The largest absolute Gasteiger partial charge is 0.433 e. The molecule has 5 nitrogen and oxygen atoms in total. The maximum absolute atomic E-state index is 13.7. The fraction of sp³-hybridized carbons (Fsp3) is 0.261. The molecule has 0 bridgehead atoms. The van der Waals surface area contributed by atoms with E-state index in [-0.39, 0.29) is 22.7 Å². The third-order valence-corrected chi connectivity index (χ3v) is 7.34. The Bertz CT molecular complexity index is 1320. The van der Waals surface area contributed by atoms with Crippen molar-refractivity contribution in [3.8, 4) is 0 Å². The van der Waals surface area contributed by atoms with E-state index in [1.54, 1.807) is 42.5 Å². The molecule has 1 aromatic heterocycles. The summed E-state index contributed by atoms with van der Waals surface area (Å²) in [5.41, 5.74) is 1.67. The van der Waals surface area contributed by atoms with Gasteiger partial charge in [0.1, 0.15) is 19.4 Å². The Morgan fingerprint density at radius 2 is 1.67 bits per heavy atom. The van der Waals surface area contributed by atoms with Gasteiger partial charge in [-0.05, 0) is 41.3 Å². The van der Waals surface area contributed by atoms with Gasteiger partial charge in [-0.15, -0.1) is 0 Å². The molecule has 0 saturated heterocycles. The molecular formula is C23H23BF3N3O2S. The second-order valence-corrected chi connectivity index (χ2v) is 11.0. The Kier molecular flexibility index (Phi) is 5.47. The molecule has 3 aromatic rings. The highest BCUT2D eigenvalue weighted by molar-refractivity contribution is 7.92. The van der Waals surface area contributed by atoms with Crippen LogP contribution < -0.4 is 15.1 Å². The van der Waals surface area contributed by atoms with Gasteiger partial charge in [-0.2, -0.15) is 13.2 Å². The second-order valence-electron chi connectivity index (χ2n) is 9.13. The van der Waals surface area contributed by atoms with Gasteiger partial charge in [0, 0.05) is 5.56 Å². The van der Waals surface area contributed by atoms with E-state index in [1.807, 2.05) is 28.6 Å². The summed E-state index contributed by atoms with van der Waals surface area (Å²) in [6.07, 6.45) is -4.61. The monoisotopic (exact) mass is 473 g/mol. The minimum atomic E-state index is -4.61. The molecule has 1 N–H and O–H groups in total. The number of alkyl halides is 3. The third kappa shape index (κ3) is 4.44. The molecule has 0 spiro atoms. The molecule has 0 atom stereocenters. The standard InChI is InChI=1S/C23H23BF3N3O2S/c1-22(2,3)15-5-8-17(9-6-15)33(31,32)30-13-14-4-11-20(23(25,26)27)29-21(14)28-18-10-7-16(24)12-19(18)30/h4-12H,13,24H2,1-3H3,(H,28,29). The minimum Gasteiger partial charge on any atom is -0.338 e. The van der Waals surface area contributed by atoms with E-state index < -0.39 is 21.9 Å². The number of hydrogen-bond acceptors (Lipinski definition) is 4. The van der Waals surface area contributed by atoms with E-state index in [1.165, 1.54) is 10.4 Å². The van der Waals surface area contributed by atoms with Crippen molar-refractivity contribution in [2.24, 2.45) is 0 Å². The van der Waals surface area contributed by atoms with Crippen molar-refractivity contribution in [2.45, 2.75) is 43.8 Å². The number of aromatic nitrogens is 1. The van der Waals surface area contributed by atoms with Crippen LogP contribution in [0.1, 0.15) is 37.6 Å². The molecule has 2 aromatic carbocycles. The van der Waals surface area contributed by atoms with E-state index in [2.05, 4.69) is 10.3 Å². The molecule has 0 aliphatic carbocycles. The third-order valence-electron chi connectivity index (χ3n) is 5.57. The lowest BCUT2D eigenvalue weighted by Gasteiger charge is -2.25. The van der Waals surface area contributed by atoms with Gasteiger partial charge in [-0.25, -0.2) is 13.4 Å². The summed E-state index contributed by atoms with van der Waals surface area (Å²) in [7, 11) is -2.20. The van der Waals surface area contributed by atoms with Crippen LogP contribution in [0.15, 0.2) is 59.5 Å². The number of sulfonamides is 1. The van der Waals surface area contributed by atoms with Crippen molar-refractivity contribution in [2.75, 3.05) is 9.62 Å². The van der Waals surface area contributed by atoms with Gasteiger partial charge >= 0.3 is 6.18 Å². The van der Waals surface area contributed by atoms with E-state index >= 15 is 0 Å². The fourth-order valence-electron chi connectivity index (χ4n) is 3.67. The summed E-state index contributed by atoms with van der Waals surface area (Å²) in [6, 6.07) is 13.9. The summed E-state index contributed by atoms with van der Waals surface area (Å²) in [5, 5.41) is 2.91. The zero-order valence-electron chi connectivity index (χ0n) is 18.7. The predicted octanol–water partition coefficient (Wildman–Crippen LogP) is 4.11. The molecular weight excluding hydrogens is 450 g/mol. The van der Waals surface area contributed by atoms with Crippen LogP contribution in [0.5, 0.6) is 0 Å². The van der Waals surface area contributed by atoms with Crippen molar-refractivity contribution in [3.05, 3.63) is 71.4 Å². The Hall–Kier alpha value is -3.01. The summed E-state index contributed by atoms with van der Waals surface area (Å²) in [5.74, 6) is -0.0179. The van der Waals surface area contributed by atoms with Crippen LogP contribution in [-0.4, -0.2) is 21.2 Å². The number of rotatable bonds is 2. The number of nitrogens with zero attached hydrogens (tertiary/aromatic N) is 2. The first-order chi connectivity index (χ1) is 15.3. The molecule has 172 valence electrons. The van der Waals surface area contributed by atoms with Gasteiger partial charge in [-0.3, -0.25) is 4.31 Å².